The minimum absolute atomic E-state index is 0.0393. The van der Waals surface area contributed by atoms with Crippen molar-refractivity contribution >= 4 is 5.91 Å². The Morgan fingerprint density at radius 1 is 1.18 bits per heavy atom. The smallest absolute Gasteiger partial charge is 0.251 e. The number of rotatable bonds is 8. The lowest BCUT2D eigenvalue weighted by molar-refractivity contribution is -0.0813. The molecule has 3 N–H and O–H groups in total. The van der Waals surface area contributed by atoms with Crippen LogP contribution in [0.4, 0.5) is 0 Å². The predicted octanol–water partition coefficient (Wildman–Crippen LogP) is 2.65. The summed E-state index contributed by atoms with van der Waals surface area (Å²) in [5.74, 6) is 0.580. The molecule has 0 unspecified atom stereocenters. The van der Waals surface area contributed by atoms with Crippen molar-refractivity contribution in [3.63, 3.8) is 0 Å². The van der Waals surface area contributed by atoms with Crippen molar-refractivity contribution in [3.8, 4) is 22.6 Å². The van der Waals surface area contributed by atoms with Gasteiger partial charge in [-0.2, -0.15) is 5.10 Å². The van der Waals surface area contributed by atoms with E-state index in [0.717, 1.165) is 35.2 Å². The maximum Gasteiger partial charge on any atom is 0.251 e. The zero-order valence-electron chi connectivity index (χ0n) is 18.6. The highest BCUT2D eigenvalue weighted by Crippen LogP contribution is 2.42. The van der Waals surface area contributed by atoms with Crippen molar-refractivity contribution in [1.82, 2.24) is 20.1 Å². The van der Waals surface area contributed by atoms with Crippen molar-refractivity contribution in [2.45, 2.75) is 44.8 Å². The Morgan fingerprint density at radius 3 is 2.70 bits per heavy atom. The monoisotopic (exact) mass is 448 g/mol. The van der Waals surface area contributed by atoms with Gasteiger partial charge in [-0.3, -0.25) is 9.78 Å². The van der Waals surface area contributed by atoms with Crippen LogP contribution in [0.25, 0.3) is 16.8 Å². The molecular weight excluding hydrogens is 420 g/mol. The Labute approximate surface area is 192 Å². The standard InChI is InChI=1S/C25H28N4O4/c1-16-2-3-17(24(32)28-19-4-5-19)6-23(16)18-10-27-29(13-18)20-7-21(12-26-11-20)33-22-8-25(9-22,14-30)15-31/h2-3,6-7,10-13,19,22,30-31H,4-5,8-9,14-15H2,1H3,(H,28,32). The van der Waals surface area contributed by atoms with E-state index in [4.69, 9.17) is 4.74 Å². The van der Waals surface area contributed by atoms with Gasteiger partial charge in [-0.05, 0) is 55.9 Å². The molecule has 172 valence electrons. The summed E-state index contributed by atoms with van der Waals surface area (Å²) in [6.07, 6.45) is 10.3. The molecule has 5 rings (SSSR count). The molecular formula is C25H28N4O4. The molecule has 0 bridgehead atoms. The third-order valence-corrected chi connectivity index (χ3v) is 6.56. The van der Waals surface area contributed by atoms with Crippen LogP contribution in [0, 0.1) is 12.3 Å². The number of aliphatic hydroxyl groups excluding tert-OH is 2. The highest BCUT2D eigenvalue weighted by molar-refractivity contribution is 5.96. The van der Waals surface area contributed by atoms with Gasteiger partial charge in [0.05, 0.1) is 37.5 Å². The molecule has 8 nitrogen and oxygen atoms in total. The topological polar surface area (TPSA) is 110 Å². The minimum Gasteiger partial charge on any atom is -0.489 e. The van der Waals surface area contributed by atoms with Crippen LogP contribution in [0.1, 0.15) is 41.6 Å². The highest BCUT2D eigenvalue weighted by atomic mass is 16.5. The second kappa shape index (κ2) is 8.61. The Kier molecular flexibility index (Phi) is 5.64. The largest absolute Gasteiger partial charge is 0.489 e. The number of benzene rings is 1. The summed E-state index contributed by atoms with van der Waals surface area (Å²) < 4.78 is 7.72. The number of nitrogens with zero attached hydrogens (tertiary/aromatic N) is 3. The van der Waals surface area contributed by atoms with Gasteiger partial charge in [0, 0.05) is 34.8 Å². The zero-order chi connectivity index (χ0) is 23.0. The number of carbonyl (C=O) groups is 1. The number of amides is 1. The molecule has 1 amide bonds. The van der Waals surface area contributed by atoms with E-state index in [1.54, 1.807) is 23.3 Å². The fraction of sp³-hybridized carbons (Fsp3) is 0.400. The first-order valence-corrected chi connectivity index (χ1v) is 11.3. The van der Waals surface area contributed by atoms with E-state index in [9.17, 15) is 15.0 Å². The number of aliphatic hydroxyl groups is 2. The summed E-state index contributed by atoms with van der Waals surface area (Å²) in [5.41, 5.74) is 3.91. The van der Waals surface area contributed by atoms with E-state index in [1.165, 1.54) is 0 Å². The summed E-state index contributed by atoms with van der Waals surface area (Å²) in [5, 5.41) is 26.4. The lowest BCUT2D eigenvalue weighted by Gasteiger charge is -2.44. The third-order valence-electron chi connectivity index (χ3n) is 6.56. The van der Waals surface area contributed by atoms with Crippen LogP contribution in [-0.4, -0.2) is 56.2 Å². The van der Waals surface area contributed by atoms with Gasteiger partial charge in [-0.1, -0.05) is 6.07 Å². The number of hydrogen-bond acceptors (Lipinski definition) is 6. The average molecular weight is 449 g/mol. The Bertz CT molecular complexity index is 1160. The van der Waals surface area contributed by atoms with Crippen LogP contribution < -0.4 is 10.1 Å². The molecule has 2 heterocycles. The van der Waals surface area contributed by atoms with E-state index in [2.05, 4.69) is 15.4 Å². The molecule has 0 radical (unpaired) electrons. The molecule has 0 aliphatic heterocycles. The van der Waals surface area contributed by atoms with E-state index in [0.29, 0.717) is 30.2 Å². The van der Waals surface area contributed by atoms with E-state index < -0.39 is 5.41 Å². The molecule has 33 heavy (non-hydrogen) atoms. The van der Waals surface area contributed by atoms with Crippen LogP contribution in [-0.2, 0) is 0 Å². The van der Waals surface area contributed by atoms with Gasteiger partial charge in [0.2, 0.25) is 0 Å². The molecule has 2 fully saturated rings. The molecule has 1 aromatic carbocycles. The molecule has 0 atom stereocenters. The number of aromatic nitrogens is 3. The molecule has 0 spiro atoms. The van der Waals surface area contributed by atoms with Gasteiger partial charge in [-0.15, -0.1) is 0 Å². The normalized spacial score (nSPS) is 17.4. The second-order valence-electron chi connectivity index (χ2n) is 9.29. The van der Waals surface area contributed by atoms with Crippen molar-refractivity contribution in [1.29, 1.82) is 0 Å². The van der Waals surface area contributed by atoms with Crippen molar-refractivity contribution in [2.75, 3.05) is 13.2 Å². The van der Waals surface area contributed by atoms with Crippen molar-refractivity contribution in [3.05, 3.63) is 60.2 Å². The minimum atomic E-state index is -0.436. The Balaban J connectivity index is 1.32. The SMILES string of the molecule is Cc1ccc(C(=O)NC2CC2)cc1-c1cnn(-c2cncc(OC3CC(CO)(CO)C3)c2)c1. The fourth-order valence-electron chi connectivity index (χ4n) is 4.26. The summed E-state index contributed by atoms with van der Waals surface area (Å²) >= 11 is 0. The highest BCUT2D eigenvalue weighted by Gasteiger charge is 2.45. The Hall–Kier alpha value is -3.23. The lowest BCUT2D eigenvalue weighted by Crippen LogP contribution is -2.48. The summed E-state index contributed by atoms with van der Waals surface area (Å²) in [6, 6.07) is 7.91. The molecule has 2 aliphatic rings. The molecule has 2 saturated carbocycles. The van der Waals surface area contributed by atoms with Crippen LogP contribution in [0.3, 0.4) is 0 Å². The van der Waals surface area contributed by atoms with Gasteiger partial charge < -0.3 is 20.3 Å². The number of hydrogen-bond donors (Lipinski definition) is 3. The van der Waals surface area contributed by atoms with Crippen LogP contribution in [0.5, 0.6) is 5.75 Å². The summed E-state index contributed by atoms with van der Waals surface area (Å²) in [4.78, 5) is 16.8. The van der Waals surface area contributed by atoms with Crippen LogP contribution in [0.15, 0.2) is 49.1 Å². The quantitative estimate of drug-likeness (QED) is 0.489. The van der Waals surface area contributed by atoms with Gasteiger partial charge in [0.1, 0.15) is 11.9 Å². The number of nitrogens with one attached hydrogen (secondary N) is 1. The summed E-state index contributed by atoms with van der Waals surface area (Å²) in [6.45, 7) is 1.93. The number of aryl methyl sites for hydroxylation is 1. The maximum atomic E-state index is 12.5. The predicted molar refractivity (Wildman–Crippen MR) is 122 cm³/mol. The van der Waals surface area contributed by atoms with Crippen LogP contribution >= 0.6 is 0 Å². The third kappa shape index (κ3) is 4.49. The number of carbonyl (C=O) groups excluding carboxylic acids is 1. The number of ether oxygens (including phenoxy) is 1. The molecule has 3 aromatic rings. The van der Waals surface area contributed by atoms with Crippen molar-refractivity contribution in [2.24, 2.45) is 5.41 Å². The van der Waals surface area contributed by atoms with E-state index in [-0.39, 0.29) is 25.2 Å². The molecule has 2 aromatic heterocycles. The first-order chi connectivity index (χ1) is 16.0. The van der Waals surface area contributed by atoms with Gasteiger partial charge >= 0.3 is 0 Å². The van der Waals surface area contributed by atoms with E-state index in [1.807, 2.05) is 37.4 Å². The second-order valence-corrected chi connectivity index (χ2v) is 9.29. The van der Waals surface area contributed by atoms with Gasteiger partial charge in [-0.25, -0.2) is 4.68 Å². The molecule has 0 saturated heterocycles. The zero-order valence-corrected chi connectivity index (χ0v) is 18.6. The Morgan fingerprint density at radius 2 is 1.97 bits per heavy atom. The van der Waals surface area contributed by atoms with Gasteiger partial charge in [0.25, 0.3) is 5.91 Å². The molecule has 8 heteroatoms. The average Bonchev–Trinajstić information content (AvgIpc) is 3.48. The number of pyridine rings is 1. The van der Waals surface area contributed by atoms with Crippen molar-refractivity contribution < 1.29 is 19.7 Å². The van der Waals surface area contributed by atoms with Gasteiger partial charge in [0.15, 0.2) is 0 Å². The summed E-state index contributed by atoms with van der Waals surface area (Å²) in [7, 11) is 0. The van der Waals surface area contributed by atoms with E-state index >= 15 is 0 Å². The molecule has 2 aliphatic carbocycles. The first-order valence-electron chi connectivity index (χ1n) is 11.3. The lowest BCUT2D eigenvalue weighted by atomic mass is 9.68. The van der Waals surface area contributed by atoms with Crippen LogP contribution in [0.2, 0.25) is 0 Å². The maximum absolute atomic E-state index is 12.5. The first kappa shape index (κ1) is 21.6. The fourth-order valence-corrected chi connectivity index (χ4v) is 4.26.